The lowest BCUT2D eigenvalue weighted by Crippen LogP contribution is -2.51. The number of benzene rings is 1. The van der Waals surface area contributed by atoms with E-state index in [1.165, 1.54) is 6.42 Å². The summed E-state index contributed by atoms with van der Waals surface area (Å²) in [6.07, 6.45) is 5.55. The Morgan fingerprint density at radius 3 is 2.50 bits per heavy atom. The summed E-state index contributed by atoms with van der Waals surface area (Å²) < 4.78 is 1.05. The van der Waals surface area contributed by atoms with E-state index in [-0.39, 0.29) is 11.4 Å². The predicted octanol–water partition coefficient (Wildman–Crippen LogP) is 3.42. The highest BCUT2D eigenvalue weighted by Gasteiger charge is 2.44. The van der Waals surface area contributed by atoms with Crippen LogP contribution in [0.25, 0.3) is 0 Å². The van der Waals surface area contributed by atoms with Crippen LogP contribution in [0.15, 0.2) is 33.7 Å². The zero-order chi connectivity index (χ0) is 14.2. The lowest BCUT2D eigenvalue weighted by molar-refractivity contribution is -0.111. The van der Waals surface area contributed by atoms with Gasteiger partial charge in [-0.3, -0.25) is 15.2 Å². The van der Waals surface area contributed by atoms with Crippen molar-refractivity contribution in [3.8, 4) is 0 Å². The van der Waals surface area contributed by atoms with Crippen LogP contribution in [0.3, 0.4) is 0 Å². The molecule has 1 heterocycles. The zero-order valence-electron chi connectivity index (χ0n) is 11.5. The molecule has 1 aliphatic carbocycles. The first-order chi connectivity index (χ1) is 9.61. The topological polar surface area (TPSA) is 44.7 Å². The van der Waals surface area contributed by atoms with Crippen LogP contribution >= 0.6 is 15.9 Å². The maximum absolute atomic E-state index is 11.7. The summed E-state index contributed by atoms with van der Waals surface area (Å²) in [6, 6.07) is 8.12. The molecule has 0 saturated heterocycles. The van der Waals surface area contributed by atoms with Gasteiger partial charge in [0.1, 0.15) is 0 Å². The molecule has 1 fully saturated rings. The second-order valence-corrected chi connectivity index (χ2v) is 6.40. The number of rotatable bonds is 2. The fourth-order valence-corrected chi connectivity index (χ4v) is 3.26. The Balaban J connectivity index is 1.97. The van der Waals surface area contributed by atoms with Gasteiger partial charge >= 0.3 is 0 Å². The van der Waals surface area contributed by atoms with Gasteiger partial charge < -0.3 is 0 Å². The second-order valence-electron chi connectivity index (χ2n) is 5.48. The number of carbonyl (C=O) groups excluding carboxylic acids is 1. The van der Waals surface area contributed by atoms with Gasteiger partial charge in [-0.2, -0.15) is 0 Å². The summed E-state index contributed by atoms with van der Waals surface area (Å²) in [4.78, 5) is 16.4. The number of Topliss-reactive ketones (excluding diaryl/α,β-unsaturated/α-hetero) is 1. The van der Waals surface area contributed by atoms with Crippen LogP contribution in [0, 0.1) is 0 Å². The van der Waals surface area contributed by atoms with E-state index in [2.05, 4.69) is 26.4 Å². The fourth-order valence-electron chi connectivity index (χ4n) is 3.00. The number of carbonyl (C=O) groups is 1. The van der Waals surface area contributed by atoms with Crippen molar-refractivity contribution in [3.05, 3.63) is 28.7 Å². The third kappa shape index (κ3) is 2.35. The van der Waals surface area contributed by atoms with Crippen molar-refractivity contribution in [2.75, 3.05) is 5.01 Å². The SMILES string of the molecule is CC(=O)C1=NC2(CCCCC2)N(c2ccc(Br)cc2)N1. The van der Waals surface area contributed by atoms with E-state index in [0.717, 1.165) is 35.8 Å². The molecule has 1 aromatic carbocycles. The van der Waals surface area contributed by atoms with E-state index in [1.54, 1.807) is 6.92 Å². The molecule has 3 rings (SSSR count). The Morgan fingerprint density at radius 1 is 1.25 bits per heavy atom. The number of anilines is 1. The van der Waals surface area contributed by atoms with E-state index >= 15 is 0 Å². The smallest absolute Gasteiger partial charge is 0.196 e. The molecule has 0 unspecified atom stereocenters. The third-order valence-corrected chi connectivity index (χ3v) is 4.56. The van der Waals surface area contributed by atoms with E-state index in [1.807, 2.05) is 24.3 Å². The van der Waals surface area contributed by atoms with E-state index in [9.17, 15) is 4.79 Å². The Morgan fingerprint density at radius 2 is 1.90 bits per heavy atom. The Labute approximate surface area is 127 Å². The number of ketones is 1. The zero-order valence-corrected chi connectivity index (χ0v) is 13.1. The highest BCUT2D eigenvalue weighted by Crippen LogP contribution is 2.39. The number of nitrogens with zero attached hydrogens (tertiary/aromatic N) is 2. The molecule has 0 amide bonds. The molecule has 1 N–H and O–H groups in total. The number of nitrogens with one attached hydrogen (secondary N) is 1. The van der Waals surface area contributed by atoms with Gasteiger partial charge in [0.25, 0.3) is 0 Å². The molecule has 2 aliphatic rings. The molecule has 0 aromatic heterocycles. The van der Waals surface area contributed by atoms with Crippen molar-refractivity contribution in [1.29, 1.82) is 0 Å². The van der Waals surface area contributed by atoms with Crippen LogP contribution < -0.4 is 10.4 Å². The summed E-state index contributed by atoms with van der Waals surface area (Å²) >= 11 is 3.45. The molecule has 1 aromatic rings. The fraction of sp³-hybridized carbons (Fsp3) is 0.467. The van der Waals surface area contributed by atoms with Crippen molar-refractivity contribution >= 4 is 33.2 Å². The number of amidine groups is 1. The van der Waals surface area contributed by atoms with Gasteiger partial charge in [0.05, 0.1) is 5.69 Å². The van der Waals surface area contributed by atoms with Gasteiger partial charge in [-0.15, -0.1) is 0 Å². The van der Waals surface area contributed by atoms with Crippen LogP contribution in [-0.2, 0) is 4.79 Å². The number of hydrogen-bond acceptors (Lipinski definition) is 4. The van der Waals surface area contributed by atoms with Crippen LogP contribution in [0.4, 0.5) is 5.69 Å². The van der Waals surface area contributed by atoms with Gasteiger partial charge in [0.2, 0.25) is 0 Å². The number of aliphatic imine (C=N–C) groups is 1. The summed E-state index contributed by atoms with van der Waals surface area (Å²) in [5.74, 6) is 0.476. The molecule has 4 nitrogen and oxygen atoms in total. The molecule has 20 heavy (non-hydrogen) atoms. The maximum Gasteiger partial charge on any atom is 0.196 e. The summed E-state index contributed by atoms with van der Waals surface area (Å²) in [7, 11) is 0. The van der Waals surface area contributed by atoms with Crippen molar-refractivity contribution in [2.45, 2.75) is 44.7 Å². The summed E-state index contributed by atoms with van der Waals surface area (Å²) in [6.45, 7) is 1.56. The van der Waals surface area contributed by atoms with Gasteiger partial charge in [-0.25, -0.2) is 4.99 Å². The minimum Gasteiger partial charge on any atom is -0.291 e. The molecular weight excluding hydrogens is 318 g/mol. The summed E-state index contributed by atoms with van der Waals surface area (Å²) in [5.41, 5.74) is 3.97. The quantitative estimate of drug-likeness (QED) is 0.900. The van der Waals surface area contributed by atoms with E-state index in [4.69, 9.17) is 4.99 Å². The number of hydrogen-bond donors (Lipinski definition) is 1. The minimum absolute atomic E-state index is 0.00504. The number of halogens is 1. The van der Waals surface area contributed by atoms with Crippen LogP contribution in [0.2, 0.25) is 0 Å². The molecule has 1 aliphatic heterocycles. The second kappa shape index (κ2) is 5.20. The third-order valence-electron chi connectivity index (χ3n) is 4.03. The van der Waals surface area contributed by atoms with Gasteiger partial charge in [0, 0.05) is 11.4 Å². The van der Waals surface area contributed by atoms with Crippen LogP contribution in [0.1, 0.15) is 39.0 Å². The molecule has 1 spiro atoms. The average molecular weight is 336 g/mol. The van der Waals surface area contributed by atoms with Crippen LogP contribution in [0.5, 0.6) is 0 Å². The first kappa shape index (κ1) is 13.6. The standard InChI is InChI=1S/C15H18BrN3O/c1-11(20)14-17-15(9-3-2-4-10-15)19(18-14)13-7-5-12(16)6-8-13/h5-8H,2-4,9-10H2,1H3,(H,17,18). The molecular formula is C15H18BrN3O. The largest absolute Gasteiger partial charge is 0.291 e. The molecule has 0 radical (unpaired) electrons. The Kier molecular flexibility index (Phi) is 3.54. The van der Waals surface area contributed by atoms with Crippen molar-refractivity contribution < 1.29 is 4.79 Å². The van der Waals surface area contributed by atoms with Gasteiger partial charge in [-0.05, 0) is 49.9 Å². The molecule has 1 saturated carbocycles. The minimum atomic E-state index is -0.285. The number of hydrazine groups is 1. The van der Waals surface area contributed by atoms with Crippen LogP contribution in [-0.4, -0.2) is 17.3 Å². The molecule has 0 atom stereocenters. The first-order valence-corrected chi connectivity index (χ1v) is 7.83. The molecule has 5 heteroatoms. The molecule has 0 bridgehead atoms. The van der Waals surface area contributed by atoms with E-state index in [0.29, 0.717) is 5.84 Å². The van der Waals surface area contributed by atoms with E-state index < -0.39 is 0 Å². The van der Waals surface area contributed by atoms with Crippen molar-refractivity contribution in [3.63, 3.8) is 0 Å². The normalized spacial score (nSPS) is 20.7. The lowest BCUT2D eigenvalue weighted by atomic mass is 9.89. The monoisotopic (exact) mass is 335 g/mol. The highest BCUT2D eigenvalue weighted by molar-refractivity contribution is 9.10. The highest BCUT2D eigenvalue weighted by atomic mass is 79.9. The van der Waals surface area contributed by atoms with Gasteiger partial charge in [-0.1, -0.05) is 22.4 Å². The molecule has 106 valence electrons. The predicted molar refractivity (Wildman–Crippen MR) is 83.7 cm³/mol. The van der Waals surface area contributed by atoms with Crippen molar-refractivity contribution in [2.24, 2.45) is 4.99 Å². The lowest BCUT2D eigenvalue weighted by Gasteiger charge is -2.39. The summed E-state index contributed by atoms with van der Waals surface area (Å²) in [5, 5.41) is 2.08. The average Bonchev–Trinajstić information content (AvgIpc) is 2.80. The maximum atomic E-state index is 11.7. The van der Waals surface area contributed by atoms with Crippen molar-refractivity contribution in [1.82, 2.24) is 5.43 Å². The first-order valence-electron chi connectivity index (χ1n) is 7.04. The Bertz CT molecular complexity index is 547. The Hall–Kier alpha value is -1.36. The van der Waals surface area contributed by atoms with Gasteiger partial charge in [0.15, 0.2) is 17.3 Å².